The van der Waals surface area contributed by atoms with Gasteiger partial charge in [0.15, 0.2) is 0 Å². The zero-order valence-corrected chi connectivity index (χ0v) is 8.84. The van der Waals surface area contributed by atoms with Crippen molar-refractivity contribution in [2.24, 2.45) is 0 Å². The van der Waals surface area contributed by atoms with Crippen LogP contribution in [0.5, 0.6) is 0 Å². The van der Waals surface area contributed by atoms with Gasteiger partial charge in [0.05, 0.1) is 0 Å². The molecule has 2 nitrogen and oxygen atoms in total. The third kappa shape index (κ3) is 3.45. The van der Waals surface area contributed by atoms with E-state index in [9.17, 15) is 4.79 Å². The van der Waals surface area contributed by atoms with Crippen LogP contribution >= 0.6 is 0 Å². The van der Waals surface area contributed by atoms with Gasteiger partial charge in [-0.05, 0) is 20.3 Å². The Morgan fingerprint density at radius 1 is 1.46 bits per heavy atom. The maximum absolute atomic E-state index is 11.7. The Balaban J connectivity index is 4.43. The van der Waals surface area contributed by atoms with Gasteiger partial charge in [-0.15, -0.1) is 0 Å². The van der Waals surface area contributed by atoms with Crippen molar-refractivity contribution in [3.63, 3.8) is 0 Å². The summed E-state index contributed by atoms with van der Waals surface area (Å²) in [7, 11) is 0. The smallest absolute Gasteiger partial charge is 0.253 e. The van der Waals surface area contributed by atoms with Crippen molar-refractivity contribution in [3.05, 3.63) is 24.3 Å². The Hall–Kier alpha value is -1.05. The van der Waals surface area contributed by atoms with Crippen LogP contribution < -0.4 is 0 Å². The predicted octanol–water partition coefficient (Wildman–Crippen LogP) is 2.38. The molecule has 13 heavy (non-hydrogen) atoms. The second kappa shape index (κ2) is 6.46. The third-order valence-electron chi connectivity index (χ3n) is 1.94. The SMILES string of the molecule is C=C/C(=C\C)C(=O)N(CC)CCC. The van der Waals surface area contributed by atoms with E-state index in [2.05, 4.69) is 13.5 Å². The molecule has 0 fully saturated rings. The highest BCUT2D eigenvalue weighted by molar-refractivity contribution is 5.95. The molecule has 0 unspecified atom stereocenters. The molecule has 0 bridgehead atoms. The Morgan fingerprint density at radius 3 is 2.38 bits per heavy atom. The number of amides is 1. The van der Waals surface area contributed by atoms with Gasteiger partial charge in [0.25, 0.3) is 5.91 Å². The van der Waals surface area contributed by atoms with Crippen LogP contribution in [0.3, 0.4) is 0 Å². The molecule has 0 spiro atoms. The maximum atomic E-state index is 11.7. The van der Waals surface area contributed by atoms with Crippen molar-refractivity contribution >= 4 is 5.91 Å². The first kappa shape index (κ1) is 11.9. The van der Waals surface area contributed by atoms with Gasteiger partial charge in [-0.1, -0.05) is 25.7 Å². The summed E-state index contributed by atoms with van der Waals surface area (Å²) in [6.45, 7) is 11.1. The Bertz CT molecular complexity index is 206. The molecule has 1 amide bonds. The van der Waals surface area contributed by atoms with Gasteiger partial charge in [0, 0.05) is 18.7 Å². The molecule has 0 aliphatic heterocycles. The van der Waals surface area contributed by atoms with Crippen LogP contribution in [0.25, 0.3) is 0 Å². The highest BCUT2D eigenvalue weighted by atomic mass is 16.2. The molecule has 0 heterocycles. The molecule has 0 aromatic heterocycles. The van der Waals surface area contributed by atoms with Crippen LogP contribution in [-0.2, 0) is 4.79 Å². The fourth-order valence-electron chi connectivity index (χ4n) is 1.18. The van der Waals surface area contributed by atoms with Gasteiger partial charge >= 0.3 is 0 Å². The molecule has 0 saturated carbocycles. The summed E-state index contributed by atoms with van der Waals surface area (Å²) in [5.74, 6) is 0.0850. The average molecular weight is 181 g/mol. The zero-order valence-electron chi connectivity index (χ0n) is 8.84. The lowest BCUT2D eigenvalue weighted by atomic mass is 10.2. The van der Waals surface area contributed by atoms with Gasteiger partial charge < -0.3 is 4.90 Å². The van der Waals surface area contributed by atoms with E-state index in [1.54, 1.807) is 12.2 Å². The molecule has 0 rings (SSSR count). The standard InChI is InChI=1S/C11H19NO/c1-5-9-12(8-4)11(13)10(6-2)7-3/h6-7H,2,5,8-9H2,1,3-4H3/b10-7+. The minimum atomic E-state index is 0.0850. The summed E-state index contributed by atoms with van der Waals surface area (Å²) in [6.07, 6.45) is 4.40. The normalized spacial score (nSPS) is 11.2. The summed E-state index contributed by atoms with van der Waals surface area (Å²) in [5, 5.41) is 0. The van der Waals surface area contributed by atoms with E-state index < -0.39 is 0 Å². The lowest BCUT2D eigenvalue weighted by molar-refractivity contribution is -0.126. The molecule has 0 N–H and O–H groups in total. The van der Waals surface area contributed by atoms with Gasteiger partial charge in [0.1, 0.15) is 0 Å². The topological polar surface area (TPSA) is 20.3 Å². The number of hydrogen-bond acceptors (Lipinski definition) is 1. The molecule has 0 saturated heterocycles. The summed E-state index contributed by atoms with van der Waals surface area (Å²) >= 11 is 0. The van der Waals surface area contributed by atoms with Crippen molar-refractivity contribution in [3.8, 4) is 0 Å². The summed E-state index contributed by atoms with van der Waals surface area (Å²) in [6, 6.07) is 0. The van der Waals surface area contributed by atoms with Gasteiger partial charge in [-0.2, -0.15) is 0 Å². The summed E-state index contributed by atoms with van der Waals surface area (Å²) in [5.41, 5.74) is 0.690. The summed E-state index contributed by atoms with van der Waals surface area (Å²) in [4.78, 5) is 13.5. The van der Waals surface area contributed by atoms with E-state index in [0.717, 1.165) is 19.5 Å². The van der Waals surface area contributed by atoms with Crippen molar-refractivity contribution in [2.75, 3.05) is 13.1 Å². The van der Waals surface area contributed by atoms with Crippen molar-refractivity contribution in [2.45, 2.75) is 27.2 Å². The monoisotopic (exact) mass is 181 g/mol. The Labute approximate surface area is 80.9 Å². The van der Waals surface area contributed by atoms with Crippen molar-refractivity contribution < 1.29 is 4.79 Å². The minimum Gasteiger partial charge on any atom is -0.339 e. The average Bonchev–Trinajstić information content (AvgIpc) is 2.15. The van der Waals surface area contributed by atoms with Crippen molar-refractivity contribution in [1.82, 2.24) is 4.90 Å². The van der Waals surface area contributed by atoms with Crippen molar-refractivity contribution in [1.29, 1.82) is 0 Å². The second-order valence-corrected chi connectivity index (χ2v) is 2.83. The maximum Gasteiger partial charge on any atom is 0.253 e. The Morgan fingerprint density at radius 2 is 2.08 bits per heavy atom. The lowest BCUT2D eigenvalue weighted by Crippen LogP contribution is -2.32. The molecule has 0 atom stereocenters. The number of rotatable bonds is 5. The largest absolute Gasteiger partial charge is 0.339 e. The quantitative estimate of drug-likeness (QED) is 0.471. The summed E-state index contributed by atoms with van der Waals surface area (Å²) < 4.78 is 0. The Kier molecular flexibility index (Phi) is 5.94. The lowest BCUT2D eigenvalue weighted by Gasteiger charge is -2.20. The van der Waals surface area contributed by atoms with E-state index in [-0.39, 0.29) is 5.91 Å². The van der Waals surface area contributed by atoms with Crippen LogP contribution in [0.15, 0.2) is 24.3 Å². The number of carbonyl (C=O) groups excluding carboxylic acids is 1. The first-order valence-corrected chi connectivity index (χ1v) is 4.79. The fraction of sp³-hybridized carbons (Fsp3) is 0.545. The molecule has 0 radical (unpaired) electrons. The van der Waals surface area contributed by atoms with Crippen LogP contribution in [0.1, 0.15) is 27.2 Å². The number of hydrogen-bond donors (Lipinski definition) is 0. The molecular formula is C11H19NO. The predicted molar refractivity (Wildman–Crippen MR) is 56.5 cm³/mol. The first-order chi connectivity index (χ1) is 6.21. The third-order valence-corrected chi connectivity index (χ3v) is 1.94. The van der Waals surface area contributed by atoms with Gasteiger partial charge in [-0.3, -0.25) is 4.79 Å². The molecule has 0 aliphatic rings. The molecule has 0 aromatic carbocycles. The number of carbonyl (C=O) groups is 1. The number of nitrogens with zero attached hydrogens (tertiary/aromatic N) is 1. The molecule has 0 aliphatic carbocycles. The van der Waals surface area contributed by atoms with E-state index in [1.807, 2.05) is 18.7 Å². The second-order valence-electron chi connectivity index (χ2n) is 2.83. The highest BCUT2D eigenvalue weighted by Crippen LogP contribution is 2.03. The minimum absolute atomic E-state index is 0.0850. The van der Waals surface area contributed by atoms with E-state index in [4.69, 9.17) is 0 Å². The number of allylic oxidation sites excluding steroid dienone is 1. The van der Waals surface area contributed by atoms with E-state index in [0.29, 0.717) is 5.57 Å². The van der Waals surface area contributed by atoms with Gasteiger partial charge in [0.2, 0.25) is 0 Å². The van der Waals surface area contributed by atoms with Crippen LogP contribution in [0.4, 0.5) is 0 Å². The first-order valence-electron chi connectivity index (χ1n) is 4.79. The van der Waals surface area contributed by atoms with Crippen LogP contribution in [0.2, 0.25) is 0 Å². The molecule has 74 valence electrons. The van der Waals surface area contributed by atoms with Gasteiger partial charge in [-0.25, -0.2) is 0 Å². The fourth-order valence-corrected chi connectivity index (χ4v) is 1.18. The number of likely N-dealkylation sites (N-methyl/N-ethyl adjacent to an activating group) is 1. The van der Waals surface area contributed by atoms with Crippen LogP contribution in [-0.4, -0.2) is 23.9 Å². The zero-order chi connectivity index (χ0) is 10.3. The molecular weight excluding hydrogens is 162 g/mol. The van der Waals surface area contributed by atoms with Crippen LogP contribution in [0, 0.1) is 0 Å². The highest BCUT2D eigenvalue weighted by Gasteiger charge is 2.12. The molecule has 2 heteroatoms. The molecule has 0 aromatic rings. The van der Waals surface area contributed by atoms with E-state index in [1.165, 1.54) is 0 Å². The van der Waals surface area contributed by atoms with E-state index >= 15 is 0 Å².